The number of amides is 1. The van der Waals surface area contributed by atoms with E-state index in [9.17, 15) is 13.2 Å². The van der Waals surface area contributed by atoms with Crippen molar-refractivity contribution in [2.75, 3.05) is 26.0 Å². The van der Waals surface area contributed by atoms with Gasteiger partial charge in [0, 0.05) is 19.8 Å². The summed E-state index contributed by atoms with van der Waals surface area (Å²) in [7, 11) is -0.828. The Morgan fingerprint density at radius 2 is 1.92 bits per heavy atom. The van der Waals surface area contributed by atoms with Crippen LogP contribution >= 0.6 is 12.4 Å². The lowest BCUT2D eigenvalue weighted by atomic mass is 10.0. The summed E-state index contributed by atoms with van der Waals surface area (Å²) in [6, 6.07) is 3.82. The van der Waals surface area contributed by atoms with Crippen molar-refractivity contribution in [3.8, 4) is 5.75 Å². The average molecular weight is 380 g/mol. The molecule has 138 valence electrons. The van der Waals surface area contributed by atoms with E-state index >= 15 is 0 Å². The lowest BCUT2D eigenvalue weighted by Crippen LogP contribution is -2.39. The summed E-state index contributed by atoms with van der Waals surface area (Å²) in [4.78, 5) is 12.0. The van der Waals surface area contributed by atoms with Gasteiger partial charge in [0.05, 0.1) is 12.6 Å². The lowest BCUT2D eigenvalue weighted by Gasteiger charge is -2.18. The van der Waals surface area contributed by atoms with Crippen molar-refractivity contribution in [3.05, 3.63) is 18.2 Å². The molecule has 1 rings (SSSR count). The fourth-order valence-corrected chi connectivity index (χ4v) is 2.84. The molecule has 0 saturated carbocycles. The molecule has 0 aliphatic heterocycles. The van der Waals surface area contributed by atoms with Gasteiger partial charge >= 0.3 is 0 Å². The molecule has 7 nitrogen and oxygen atoms in total. The summed E-state index contributed by atoms with van der Waals surface area (Å²) in [6.45, 7) is 5.78. The number of nitrogens with two attached hydrogens (primary N) is 1. The van der Waals surface area contributed by atoms with Gasteiger partial charge in [-0.2, -0.15) is 0 Å². The van der Waals surface area contributed by atoms with Crippen molar-refractivity contribution >= 4 is 34.0 Å². The average Bonchev–Trinajstić information content (AvgIpc) is 2.47. The molecule has 0 radical (unpaired) electrons. The zero-order valence-electron chi connectivity index (χ0n) is 14.6. The summed E-state index contributed by atoms with van der Waals surface area (Å²) in [6.07, 6.45) is 0. The van der Waals surface area contributed by atoms with Crippen LogP contribution in [0.4, 0.5) is 5.69 Å². The van der Waals surface area contributed by atoms with E-state index in [0.29, 0.717) is 12.3 Å². The topological polar surface area (TPSA) is 102 Å². The SMILES string of the molecule is CCOc1ccc(NC(=O)C(N)C(C)C)cc1S(=O)(=O)N(C)C.Cl. The van der Waals surface area contributed by atoms with Crippen LogP contribution in [0.2, 0.25) is 0 Å². The van der Waals surface area contributed by atoms with E-state index in [-0.39, 0.29) is 34.9 Å². The van der Waals surface area contributed by atoms with Crippen LogP contribution in [-0.2, 0) is 14.8 Å². The summed E-state index contributed by atoms with van der Waals surface area (Å²) >= 11 is 0. The van der Waals surface area contributed by atoms with Gasteiger partial charge in [-0.1, -0.05) is 13.8 Å². The molecule has 1 aromatic carbocycles. The molecule has 24 heavy (non-hydrogen) atoms. The van der Waals surface area contributed by atoms with E-state index in [1.54, 1.807) is 13.0 Å². The van der Waals surface area contributed by atoms with Crippen molar-refractivity contribution in [2.24, 2.45) is 11.7 Å². The van der Waals surface area contributed by atoms with Gasteiger partial charge < -0.3 is 15.8 Å². The minimum absolute atomic E-state index is 0. The fraction of sp³-hybridized carbons (Fsp3) is 0.533. The first-order chi connectivity index (χ1) is 10.6. The Morgan fingerprint density at radius 1 is 1.33 bits per heavy atom. The van der Waals surface area contributed by atoms with Gasteiger partial charge in [-0.15, -0.1) is 12.4 Å². The number of nitrogens with zero attached hydrogens (tertiary/aromatic N) is 1. The minimum atomic E-state index is -3.70. The maximum atomic E-state index is 12.4. The third kappa shape index (κ3) is 5.34. The predicted molar refractivity (Wildman–Crippen MR) is 97.2 cm³/mol. The number of ether oxygens (including phenoxy) is 1. The van der Waals surface area contributed by atoms with Crippen LogP contribution < -0.4 is 15.8 Å². The first-order valence-electron chi connectivity index (χ1n) is 7.37. The van der Waals surface area contributed by atoms with E-state index in [4.69, 9.17) is 10.5 Å². The number of nitrogens with one attached hydrogen (secondary N) is 1. The zero-order chi connectivity index (χ0) is 17.8. The largest absolute Gasteiger partial charge is 0.492 e. The second-order valence-corrected chi connectivity index (χ2v) is 7.76. The van der Waals surface area contributed by atoms with Gasteiger partial charge in [0.25, 0.3) is 0 Å². The van der Waals surface area contributed by atoms with Crippen LogP contribution in [0.15, 0.2) is 23.1 Å². The third-order valence-corrected chi connectivity index (χ3v) is 5.13. The Hall–Kier alpha value is -1.35. The van der Waals surface area contributed by atoms with Gasteiger partial charge in [0.15, 0.2) is 0 Å². The van der Waals surface area contributed by atoms with E-state index in [1.165, 1.54) is 26.2 Å². The molecule has 0 aromatic heterocycles. The van der Waals surface area contributed by atoms with Crippen LogP contribution in [0.1, 0.15) is 20.8 Å². The fourth-order valence-electron chi connectivity index (χ4n) is 1.79. The highest BCUT2D eigenvalue weighted by Crippen LogP contribution is 2.29. The molecule has 0 saturated heterocycles. The number of rotatable bonds is 7. The monoisotopic (exact) mass is 379 g/mol. The van der Waals surface area contributed by atoms with Crippen molar-refractivity contribution in [2.45, 2.75) is 31.7 Å². The van der Waals surface area contributed by atoms with Crippen molar-refractivity contribution < 1.29 is 17.9 Å². The number of hydrogen-bond acceptors (Lipinski definition) is 5. The molecule has 3 N–H and O–H groups in total. The summed E-state index contributed by atoms with van der Waals surface area (Å²) < 4.78 is 31.3. The van der Waals surface area contributed by atoms with Crippen LogP contribution in [0, 0.1) is 5.92 Å². The number of benzene rings is 1. The molecule has 0 heterocycles. The molecule has 1 atom stereocenters. The lowest BCUT2D eigenvalue weighted by molar-refractivity contribution is -0.118. The van der Waals surface area contributed by atoms with E-state index in [1.807, 2.05) is 13.8 Å². The van der Waals surface area contributed by atoms with Crippen LogP contribution in [0.5, 0.6) is 5.75 Å². The second kappa shape index (κ2) is 9.22. The molecule has 0 aliphatic rings. The van der Waals surface area contributed by atoms with Crippen molar-refractivity contribution in [1.82, 2.24) is 4.31 Å². The highest BCUT2D eigenvalue weighted by Gasteiger charge is 2.24. The molecule has 0 bridgehead atoms. The Balaban J connectivity index is 0.00000529. The molecular formula is C15H26ClN3O4S. The zero-order valence-corrected chi connectivity index (χ0v) is 16.2. The molecule has 9 heteroatoms. The van der Waals surface area contributed by atoms with E-state index in [2.05, 4.69) is 5.32 Å². The number of anilines is 1. The molecular weight excluding hydrogens is 354 g/mol. The van der Waals surface area contributed by atoms with Gasteiger partial charge in [0.2, 0.25) is 15.9 Å². The van der Waals surface area contributed by atoms with Crippen molar-refractivity contribution in [3.63, 3.8) is 0 Å². The van der Waals surface area contributed by atoms with Crippen LogP contribution in [-0.4, -0.2) is 45.4 Å². The standard InChI is InChI=1S/C15H25N3O4S.ClH/c1-6-22-12-8-7-11(17-15(19)14(16)10(2)3)9-13(12)23(20,21)18(4)5;/h7-10,14H,6,16H2,1-5H3,(H,17,19);1H. The highest BCUT2D eigenvalue weighted by molar-refractivity contribution is 7.89. The number of sulfonamides is 1. The van der Waals surface area contributed by atoms with Gasteiger partial charge in [0.1, 0.15) is 10.6 Å². The maximum absolute atomic E-state index is 12.4. The Labute approximate surface area is 150 Å². The smallest absolute Gasteiger partial charge is 0.246 e. The Kier molecular flexibility index (Phi) is 8.70. The first-order valence-corrected chi connectivity index (χ1v) is 8.81. The molecule has 0 spiro atoms. The number of carbonyl (C=O) groups excluding carboxylic acids is 1. The predicted octanol–water partition coefficient (Wildman–Crippen LogP) is 1.68. The second-order valence-electron chi connectivity index (χ2n) is 5.64. The Morgan fingerprint density at radius 3 is 2.38 bits per heavy atom. The van der Waals surface area contributed by atoms with Crippen LogP contribution in [0.25, 0.3) is 0 Å². The quantitative estimate of drug-likeness (QED) is 0.750. The number of carbonyl (C=O) groups is 1. The number of halogens is 1. The normalized spacial score (nSPS) is 12.7. The van der Waals surface area contributed by atoms with Gasteiger partial charge in [-0.3, -0.25) is 4.79 Å². The molecule has 1 amide bonds. The highest BCUT2D eigenvalue weighted by atomic mass is 35.5. The van der Waals surface area contributed by atoms with E-state index in [0.717, 1.165) is 4.31 Å². The third-order valence-electron chi connectivity index (χ3n) is 3.29. The van der Waals surface area contributed by atoms with E-state index < -0.39 is 16.1 Å². The van der Waals surface area contributed by atoms with Crippen LogP contribution in [0.3, 0.4) is 0 Å². The summed E-state index contributed by atoms with van der Waals surface area (Å²) in [5.41, 5.74) is 6.15. The Bertz CT molecular complexity index is 663. The summed E-state index contributed by atoms with van der Waals surface area (Å²) in [5.74, 6) is -0.146. The van der Waals surface area contributed by atoms with Gasteiger partial charge in [-0.25, -0.2) is 12.7 Å². The summed E-state index contributed by atoms with van der Waals surface area (Å²) in [5, 5.41) is 2.64. The molecule has 0 aliphatic carbocycles. The molecule has 1 aromatic rings. The molecule has 1 unspecified atom stereocenters. The van der Waals surface area contributed by atoms with Crippen molar-refractivity contribution in [1.29, 1.82) is 0 Å². The minimum Gasteiger partial charge on any atom is -0.492 e. The van der Waals surface area contributed by atoms with Gasteiger partial charge in [-0.05, 0) is 31.0 Å². The molecule has 0 fully saturated rings. The maximum Gasteiger partial charge on any atom is 0.246 e. The number of hydrogen-bond donors (Lipinski definition) is 2. The first kappa shape index (κ1) is 22.6.